The number of carbonyl (C=O) groups excluding carboxylic acids is 2. The molecular formula is C18H18FN3O3S. The van der Waals surface area contributed by atoms with Gasteiger partial charge in [0.05, 0.1) is 12.2 Å². The maximum absolute atomic E-state index is 13.6. The number of anilines is 1. The molecule has 0 spiro atoms. The second-order valence-electron chi connectivity index (χ2n) is 5.21. The van der Waals surface area contributed by atoms with Crippen LogP contribution < -0.4 is 16.0 Å². The third-order valence-electron chi connectivity index (χ3n) is 3.34. The number of hydrogen-bond donors (Lipinski definition) is 3. The van der Waals surface area contributed by atoms with Gasteiger partial charge in [0.2, 0.25) is 0 Å². The molecule has 0 saturated carbocycles. The zero-order valence-electron chi connectivity index (χ0n) is 14.0. The molecule has 0 atom stereocenters. The lowest BCUT2D eigenvalue weighted by Crippen LogP contribution is -2.34. The van der Waals surface area contributed by atoms with Gasteiger partial charge >= 0.3 is 0 Å². The zero-order valence-corrected chi connectivity index (χ0v) is 14.9. The summed E-state index contributed by atoms with van der Waals surface area (Å²) in [6.07, 6.45) is 0. The molecule has 2 aromatic rings. The fourth-order valence-electron chi connectivity index (χ4n) is 2.05. The van der Waals surface area contributed by atoms with E-state index in [1.54, 1.807) is 37.4 Å². The zero-order chi connectivity index (χ0) is 18.9. The standard InChI is InChI=1S/C18H18FN3O3S/c1-25-11-10-20-16(23)12-6-8-13(9-7-12)21-18(26)22-17(24)14-4-2-3-5-15(14)19/h2-9H,10-11H2,1H3,(H,20,23)(H2,21,22,24,26). The van der Waals surface area contributed by atoms with Gasteiger partial charge < -0.3 is 15.4 Å². The third kappa shape index (κ3) is 5.61. The summed E-state index contributed by atoms with van der Waals surface area (Å²) in [5, 5.41) is 7.94. The maximum atomic E-state index is 13.6. The van der Waals surface area contributed by atoms with Gasteiger partial charge in [0, 0.05) is 24.9 Å². The predicted octanol–water partition coefficient (Wildman–Crippen LogP) is 2.33. The third-order valence-corrected chi connectivity index (χ3v) is 3.55. The van der Waals surface area contributed by atoms with Crippen LogP contribution in [-0.2, 0) is 4.74 Å². The highest BCUT2D eigenvalue weighted by Gasteiger charge is 2.12. The Morgan fingerprint density at radius 1 is 1.08 bits per heavy atom. The first-order valence-corrected chi connectivity index (χ1v) is 8.16. The summed E-state index contributed by atoms with van der Waals surface area (Å²) in [5.74, 6) is -1.49. The summed E-state index contributed by atoms with van der Waals surface area (Å²) in [6.45, 7) is 0.850. The Labute approximate surface area is 155 Å². The number of ether oxygens (including phenoxy) is 1. The second-order valence-corrected chi connectivity index (χ2v) is 5.62. The SMILES string of the molecule is COCCNC(=O)c1ccc(NC(=S)NC(=O)c2ccccc2F)cc1. The van der Waals surface area contributed by atoms with Gasteiger partial charge in [-0.05, 0) is 48.6 Å². The van der Waals surface area contributed by atoms with E-state index >= 15 is 0 Å². The van der Waals surface area contributed by atoms with Crippen LogP contribution in [0.25, 0.3) is 0 Å². The minimum Gasteiger partial charge on any atom is -0.383 e. The highest BCUT2D eigenvalue weighted by Crippen LogP contribution is 2.10. The number of nitrogens with one attached hydrogen (secondary N) is 3. The van der Waals surface area contributed by atoms with Crippen molar-refractivity contribution in [1.29, 1.82) is 0 Å². The molecule has 0 aromatic heterocycles. The van der Waals surface area contributed by atoms with Gasteiger partial charge in [0.15, 0.2) is 5.11 Å². The number of rotatable bonds is 6. The Morgan fingerprint density at radius 2 is 1.77 bits per heavy atom. The molecule has 3 N–H and O–H groups in total. The molecule has 0 saturated heterocycles. The van der Waals surface area contributed by atoms with Crippen molar-refractivity contribution in [3.05, 3.63) is 65.5 Å². The minimum atomic E-state index is -0.644. The fraction of sp³-hybridized carbons (Fsp3) is 0.167. The van der Waals surface area contributed by atoms with Crippen molar-refractivity contribution in [2.24, 2.45) is 0 Å². The second kappa shape index (κ2) is 9.59. The molecule has 0 radical (unpaired) electrons. The Morgan fingerprint density at radius 3 is 2.42 bits per heavy atom. The van der Waals surface area contributed by atoms with Crippen molar-refractivity contribution in [2.75, 3.05) is 25.6 Å². The molecule has 0 aliphatic rings. The molecule has 0 aliphatic heterocycles. The minimum absolute atomic E-state index is 0.0237. The Hall–Kier alpha value is -2.84. The van der Waals surface area contributed by atoms with Crippen molar-refractivity contribution < 1.29 is 18.7 Å². The average molecular weight is 375 g/mol. The average Bonchev–Trinajstić information content (AvgIpc) is 2.62. The number of methoxy groups -OCH3 is 1. The van der Waals surface area contributed by atoms with Crippen LogP contribution >= 0.6 is 12.2 Å². The van der Waals surface area contributed by atoms with Gasteiger partial charge in [-0.2, -0.15) is 0 Å². The van der Waals surface area contributed by atoms with Crippen molar-refractivity contribution in [2.45, 2.75) is 0 Å². The van der Waals surface area contributed by atoms with Gasteiger partial charge in [-0.25, -0.2) is 4.39 Å². The number of thiocarbonyl (C=S) groups is 1. The van der Waals surface area contributed by atoms with Crippen LogP contribution in [0.5, 0.6) is 0 Å². The Kier molecular flexibility index (Phi) is 7.19. The lowest BCUT2D eigenvalue weighted by atomic mass is 10.2. The Balaban J connectivity index is 1.90. The predicted molar refractivity (Wildman–Crippen MR) is 101 cm³/mol. The van der Waals surface area contributed by atoms with Crippen molar-refractivity contribution in [1.82, 2.24) is 10.6 Å². The Bertz CT molecular complexity index is 797. The van der Waals surface area contributed by atoms with Gasteiger partial charge in [0.1, 0.15) is 5.82 Å². The van der Waals surface area contributed by atoms with E-state index in [0.717, 1.165) is 0 Å². The van der Waals surface area contributed by atoms with Crippen LogP contribution in [0.3, 0.4) is 0 Å². The highest BCUT2D eigenvalue weighted by atomic mass is 32.1. The van der Waals surface area contributed by atoms with Crippen LogP contribution in [-0.4, -0.2) is 37.2 Å². The van der Waals surface area contributed by atoms with E-state index in [9.17, 15) is 14.0 Å². The molecule has 0 aliphatic carbocycles. The molecular weight excluding hydrogens is 357 g/mol. The number of benzene rings is 2. The molecule has 26 heavy (non-hydrogen) atoms. The largest absolute Gasteiger partial charge is 0.383 e. The van der Waals surface area contributed by atoms with E-state index in [-0.39, 0.29) is 16.6 Å². The summed E-state index contributed by atoms with van der Waals surface area (Å²) in [4.78, 5) is 23.9. The van der Waals surface area contributed by atoms with E-state index in [4.69, 9.17) is 17.0 Å². The molecule has 6 nitrogen and oxygen atoms in total. The topological polar surface area (TPSA) is 79.5 Å². The van der Waals surface area contributed by atoms with Gasteiger partial charge in [-0.15, -0.1) is 0 Å². The van der Waals surface area contributed by atoms with Crippen LogP contribution in [0.15, 0.2) is 48.5 Å². The number of hydrogen-bond acceptors (Lipinski definition) is 4. The van der Waals surface area contributed by atoms with E-state index in [1.165, 1.54) is 18.2 Å². The first-order valence-electron chi connectivity index (χ1n) is 7.75. The van der Waals surface area contributed by atoms with Crippen LogP contribution in [0.2, 0.25) is 0 Å². The number of amides is 2. The van der Waals surface area contributed by atoms with Crippen molar-refractivity contribution in [3.63, 3.8) is 0 Å². The maximum Gasteiger partial charge on any atom is 0.260 e. The summed E-state index contributed by atoms with van der Waals surface area (Å²) in [7, 11) is 1.56. The van der Waals surface area contributed by atoms with Gasteiger partial charge in [0.25, 0.3) is 11.8 Å². The first-order chi connectivity index (χ1) is 12.5. The molecule has 8 heteroatoms. The lowest BCUT2D eigenvalue weighted by Gasteiger charge is -2.10. The van der Waals surface area contributed by atoms with Crippen LogP contribution in [0.4, 0.5) is 10.1 Å². The van der Waals surface area contributed by atoms with Crippen LogP contribution in [0.1, 0.15) is 20.7 Å². The highest BCUT2D eigenvalue weighted by molar-refractivity contribution is 7.80. The summed E-state index contributed by atoms with van der Waals surface area (Å²) in [6, 6.07) is 12.1. The molecule has 0 bridgehead atoms. The van der Waals surface area contributed by atoms with Crippen LogP contribution in [0, 0.1) is 5.82 Å². The summed E-state index contributed by atoms with van der Waals surface area (Å²) in [5.41, 5.74) is 0.963. The molecule has 2 aromatic carbocycles. The summed E-state index contributed by atoms with van der Waals surface area (Å²) >= 11 is 5.05. The molecule has 2 rings (SSSR count). The first kappa shape index (κ1) is 19.5. The number of halogens is 1. The monoisotopic (exact) mass is 375 g/mol. The smallest absolute Gasteiger partial charge is 0.260 e. The molecule has 0 fully saturated rings. The van der Waals surface area contributed by atoms with E-state index in [2.05, 4.69) is 16.0 Å². The van der Waals surface area contributed by atoms with Crippen molar-refractivity contribution in [3.8, 4) is 0 Å². The fourth-order valence-corrected chi connectivity index (χ4v) is 2.26. The quantitative estimate of drug-likeness (QED) is 0.533. The van der Waals surface area contributed by atoms with E-state index in [1.807, 2.05) is 0 Å². The van der Waals surface area contributed by atoms with Gasteiger partial charge in [-0.3, -0.25) is 14.9 Å². The molecule has 136 valence electrons. The summed E-state index contributed by atoms with van der Waals surface area (Å²) < 4.78 is 18.4. The van der Waals surface area contributed by atoms with E-state index in [0.29, 0.717) is 24.4 Å². The normalized spacial score (nSPS) is 10.1. The molecule has 0 unspecified atom stereocenters. The van der Waals surface area contributed by atoms with Crippen molar-refractivity contribution >= 4 is 34.8 Å². The van der Waals surface area contributed by atoms with Gasteiger partial charge in [-0.1, -0.05) is 12.1 Å². The lowest BCUT2D eigenvalue weighted by molar-refractivity contribution is 0.0935. The molecule has 2 amide bonds. The molecule has 0 heterocycles. The van der Waals surface area contributed by atoms with E-state index < -0.39 is 11.7 Å². The number of carbonyl (C=O) groups is 2.